The van der Waals surface area contributed by atoms with Crippen LogP contribution < -0.4 is 15.6 Å². The third kappa shape index (κ3) is 5.15. The van der Waals surface area contributed by atoms with Gasteiger partial charge in [-0.15, -0.1) is 0 Å². The van der Waals surface area contributed by atoms with Gasteiger partial charge in [0.05, 0.1) is 12.8 Å². The lowest BCUT2D eigenvalue weighted by atomic mass is 10.2. The molecule has 0 unspecified atom stereocenters. The molecular weight excluding hydrogens is 471 g/mol. The van der Waals surface area contributed by atoms with Crippen molar-refractivity contribution in [1.29, 1.82) is 0 Å². The van der Waals surface area contributed by atoms with E-state index in [1.807, 2.05) is 24.3 Å². The van der Waals surface area contributed by atoms with Gasteiger partial charge in [-0.25, -0.2) is 14.2 Å². The highest BCUT2D eigenvalue weighted by Crippen LogP contribution is 2.27. The van der Waals surface area contributed by atoms with Gasteiger partial charge in [-0.05, 0) is 30.3 Å². The van der Waals surface area contributed by atoms with E-state index < -0.39 is 5.82 Å². The van der Waals surface area contributed by atoms with Crippen molar-refractivity contribution in [2.45, 2.75) is 6.54 Å². The van der Waals surface area contributed by atoms with Gasteiger partial charge in [0.15, 0.2) is 0 Å². The van der Waals surface area contributed by atoms with Crippen molar-refractivity contribution in [2.24, 2.45) is 0 Å². The minimum absolute atomic E-state index is 0.233. The molecule has 2 aromatic heterocycles. The highest BCUT2D eigenvalue weighted by molar-refractivity contribution is 7.19. The van der Waals surface area contributed by atoms with Gasteiger partial charge >= 0.3 is 6.03 Å². The second-order valence-corrected chi connectivity index (χ2v) is 9.08. The zero-order chi connectivity index (χ0) is 24.4. The molecule has 1 fully saturated rings. The quantitative estimate of drug-likeness (QED) is 0.458. The van der Waals surface area contributed by atoms with Gasteiger partial charge in [0.1, 0.15) is 16.6 Å². The van der Waals surface area contributed by atoms with Gasteiger partial charge in [-0.2, -0.15) is 9.61 Å². The number of rotatable bonds is 5. The third-order valence-electron chi connectivity index (χ3n) is 5.74. The number of nitrogens with zero attached hydrogens (tertiary/aromatic N) is 5. The molecule has 1 N–H and O–H groups in total. The van der Waals surface area contributed by atoms with Crippen LogP contribution in [0.2, 0.25) is 0 Å². The summed E-state index contributed by atoms with van der Waals surface area (Å²) in [7, 11) is 1.60. The van der Waals surface area contributed by atoms with Crippen molar-refractivity contribution in [3.8, 4) is 16.3 Å². The first-order valence-corrected chi connectivity index (χ1v) is 11.9. The van der Waals surface area contributed by atoms with E-state index in [1.165, 1.54) is 34.1 Å². The molecule has 0 bridgehead atoms. The summed E-state index contributed by atoms with van der Waals surface area (Å²) in [6.07, 6.45) is 0. The lowest BCUT2D eigenvalue weighted by Gasteiger charge is -2.34. The summed E-state index contributed by atoms with van der Waals surface area (Å²) in [5, 5.41) is 7.84. The SMILES string of the molecule is COc1cccc(-c2nn3c(=O)cc(CN4CCN(C(=O)Nc5cccc(F)c5)CC4)nc3s2)c1. The average molecular weight is 495 g/mol. The van der Waals surface area contributed by atoms with Crippen molar-refractivity contribution in [2.75, 3.05) is 38.6 Å². The Balaban J connectivity index is 1.24. The Morgan fingerprint density at radius 2 is 1.91 bits per heavy atom. The summed E-state index contributed by atoms with van der Waals surface area (Å²) in [5.41, 5.74) is 1.71. The van der Waals surface area contributed by atoms with Crippen LogP contribution in [0, 0.1) is 5.82 Å². The monoisotopic (exact) mass is 494 g/mol. The minimum atomic E-state index is -0.399. The largest absolute Gasteiger partial charge is 0.497 e. The number of carbonyl (C=O) groups is 1. The van der Waals surface area contributed by atoms with Crippen molar-refractivity contribution in [1.82, 2.24) is 24.4 Å². The topological polar surface area (TPSA) is 92.1 Å². The van der Waals surface area contributed by atoms with Gasteiger partial charge < -0.3 is 15.0 Å². The van der Waals surface area contributed by atoms with Crippen LogP contribution in [-0.2, 0) is 6.54 Å². The molecule has 0 saturated carbocycles. The van der Waals surface area contributed by atoms with Crippen LogP contribution in [0.3, 0.4) is 0 Å². The van der Waals surface area contributed by atoms with Gasteiger partial charge in [-0.3, -0.25) is 9.69 Å². The Morgan fingerprint density at radius 3 is 2.69 bits per heavy atom. The molecule has 0 spiro atoms. The fourth-order valence-corrected chi connectivity index (χ4v) is 4.84. The number of piperazine rings is 1. The van der Waals surface area contributed by atoms with E-state index in [0.717, 1.165) is 5.56 Å². The predicted octanol–water partition coefficient (Wildman–Crippen LogP) is 3.32. The number of hydrogen-bond donors (Lipinski definition) is 1. The van der Waals surface area contributed by atoms with E-state index in [4.69, 9.17) is 4.74 Å². The first-order chi connectivity index (χ1) is 17.0. The lowest BCUT2D eigenvalue weighted by Crippen LogP contribution is -2.49. The summed E-state index contributed by atoms with van der Waals surface area (Å²) in [6.45, 7) is 2.80. The summed E-state index contributed by atoms with van der Waals surface area (Å²) in [6, 6.07) is 14.6. The number of aromatic nitrogens is 3. The van der Waals surface area contributed by atoms with Crippen LogP contribution in [0.5, 0.6) is 5.75 Å². The second-order valence-electron chi connectivity index (χ2n) is 8.12. The molecule has 1 saturated heterocycles. The summed E-state index contributed by atoms with van der Waals surface area (Å²) in [5.74, 6) is 0.316. The molecule has 180 valence electrons. The third-order valence-corrected chi connectivity index (χ3v) is 6.69. The van der Waals surface area contributed by atoms with E-state index in [9.17, 15) is 14.0 Å². The molecule has 11 heteroatoms. The Labute approximate surface area is 204 Å². The first kappa shape index (κ1) is 22.9. The molecule has 4 aromatic rings. The van der Waals surface area contributed by atoms with Crippen LogP contribution in [0.4, 0.5) is 14.9 Å². The van der Waals surface area contributed by atoms with Crippen molar-refractivity contribution >= 4 is 28.0 Å². The maximum absolute atomic E-state index is 13.4. The summed E-state index contributed by atoms with van der Waals surface area (Å²) >= 11 is 1.34. The van der Waals surface area contributed by atoms with Gasteiger partial charge in [0.25, 0.3) is 5.56 Å². The highest BCUT2D eigenvalue weighted by atomic mass is 32.1. The molecule has 9 nitrogen and oxygen atoms in total. The molecule has 5 rings (SSSR count). The smallest absolute Gasteiger partial charge is 0.321 e. The maximum Gasteiger partial charge on any atom is 0.321 e. The molecular formula is C24H23FN6O3S. The van der Waals surface area contributed by atoms with Gasteiger partial charge in [0.2, 0.25) is 4.96 Å². The zero-order valence-electron chi connectivity index (χ0n) is 19.0. The Bertz CT molecular complexity index is 1430. The van der Waals surface area contributed by atoms with Crippen LogP contribution in [0.1, 0.15) is 5.69 Å². The average Bonchev–Trinajstić information content (AvgIpc) is 3.29. The minimum Gasteiger partial charge on any atom is -0.497 e. The second kappa shape index (κ2) is 9.80. The fraction of sp³-hybridized carbons (Fsp3) is 0.250. The Kier molecular flexibility index (Phi) is 6.43. The van der Waals surface area contributed by atoms with Gasteiger partial charge in [-0.1, -0.05) is 29.5 Å². The molecule has 1 aliphatic rings. The number of halogens is 1. The van der Waals surface area contributed by atoms with E-state index in [2.05, 4.69) is 20.3 Å². The number of fused-ring (bicyclic) bond motifs is 1. The molecule has 0 atom stereocenters. The molecule has 2 aromatic carbocycles. The lowest BCUT2D eigenvalue weighted by molar-refractivity contribution is 0.142. The molecule has 1 aliphatic heterocycles. The predicted molar refractivity (Wildman–Crippen MR) is 131 cm³/mol. The Hall–Kier alpha value is -3.83. The van der Waals surface area contributed by atoms with E-state index >= 15 is 0 Å². The number of anilines is 1. The van der Waals surface area contributed by atoms with Crippen molar-refractivity contribution in [3.05, 3.63) is 76.5 Å². The van der Waals surface area contributed by atoms with Crippen LogP contribution in [-0.4, -0.2) is 63.7 Å². The number of urea groups is 1. The normalized spacial score (nSPS) is 14.3. The van der Waals surface area contributed by atoms with E-state index in [1.54, 1.807) is 24.1 Å². The van der Waals surface area contributed by atoms with E-state index in [-0.39, 0.29) is 11.6 Å². The standard InChI is InChI=1S/C24H23FN6O3S/c1-34-20-7-2-4-16(12-20)22-28-31-21(32)14-19(27-24(31)35-22)15-29-8-10-30(11-9-29)23(33)26-18-6-3-5-17(25)13-18/h2-7,12-14H,8-11,15H2,1H3,(H,26,33). The number of methoxy groups -OCH3 is 1. The van der Waals surface area contributed by atoms with Gasteiger partial charge in [0, 0.05) is 50.0 Å². The summed E-state index contributed by atoms with van der Waals surface area (Å²) < 4.78 is 19.9. The molecule has 0 aliphatic carbocycles. The highest BCUT2D eigenvalue weighted by Gasteiger charge is 2.22. The number of benzene rings is 2. The summed E-state index contributed by atoms with van der Waals surface area (Å²) in [4.78, 5) is 34.2. The van der Waals surface area contributed by atoms with Crippen LogP contribution in [0.25, 0.3) is 15.5 Å². The number of ether oxygens (including phenoxy) is 1. The number of nitrogens with one attached hydrogen (secondary N) is 1. The number of hydrogen-bond acceptors (Lipinski definition) is 7. The molecule has 35 heavy (non-hydrogen) atoms. The van der Waals surface area contributed by atoms with Crippen LogP contribution >= 0.6 is 11.3 Å². The van der Waals surface area contributed by atoms with Crippen molar-refractivity contribution < 1.29 is 13.9 Å². The molecule has 0 radical (unpaired) electrons. The van der Waals surface area contributed by atoms with E-state index in [0.29, 0.717) is 59.8 Å². The first-order valence-electron chi connectivity index (χ1n) is 11.1. The Morgan fingerprint density at radius 1 is 1.11 bits per heavy atom. The zero-order valence-corrected chi connectivity index (χ0v) is 19.8. The van der Waals surface area contributed by atoms with Crippen molar-refractivity contribution in [3.63, 3.8) is 0 Å². The molecule has 2 amide bonds. The molecule has 3 heterocycles. The number of carbonyl (C=O) groups excluding carboxylic acids is 1. The number of amides is 2. The fourth-order valence-electron chi connectivity index (χ4n) is 3.92. The van der Waals surface area contributed by atoms with Crippen LogP contribution in [0.15, 0.2) is 59.4 Å². The maximum atomic E-state index is 13.4.